The maximum atomic E-state index is 13.5. The van der Waals surface area contributed by atoms with Gasteiger partial charge in [0.15, 0.2) is 11.6 Å². The number of rotatable bonds is 8. The van der Waals surface area contributed by atoms with E-state index in [1.54, 1.807) is 43.0 Å². The zero-order valence-electron chi connectivity index (χ0n) is 19.8. The van der Waals surface area contributed by atoms with Crippen LogP contribution in [-0.2, 0) is 14.8 Å². The topological polar surface area (TPSA) is 125 Å². The van der Waals surface area contributed by atoms with Gasteiger partial charge in [-0.25, -0.2) is 18.4 Å². The summed E-state index contributed by atoms with van der Waals surface area (Å²) in [7, 11) is -2.70. The van der Waals surface area contributed by atoms with Crippen molar-refractivity contribution in [1.29, 1.82) is 0 Å². The average molecular weight is 548 g/mol. The van der Waals surface area contributed by atoms with Crippen molar-refractivity contribution in [3.05, 3.63) is 76.0 Å². The van der Waals surface area contributed by atoms with Crippen molar-refractivity contribution >= 4 is 39.2 Å². The molecule has 0 aliphatic rings. The standard InChI is InChI=1S/C23H23Cl2N7O3S/c1-13-8-16(12-26-9-13)22-29-30-23(32(22)19-17(24)6-5-7-18(19)25)31-36(33,34)15(3)20(35-4)21-27-10-14(2)11-28-21/h5-12,15,20H,1-4H3,(H,30,31)/t15-,20-/m0/s1. The van der Waals surface area contributed by atoms with E-state index in [4.69, 9.17) is 27.9 Å². The van der Waals surface area contributed by atoms with Crippen LogP contribution in [0.5, 0.6) is 0 Å². The van der Waals surface area contributed by atoms with E-state index in [-0.39, 0.29) is 21.8 Å². The molecule has 0 radical (unpaired) electrons. The molecule has 1 N–H and O–H groups in total. The number of para-hydroxylation sites is 1. The number of nitrogens with zero attached hydrogens (tertiary/aromatic N) is 6. The van der Waals surface area contributed by atoms with Crippen LogP contribution in [0.4, 0.5) is 5.95 Å². The predicted octanol–water partition coefficient (Wildman–Crippen LogP) is 4.56. The highest BCUT2D eigenvalue weighted by atomic mass is 35.5. The monoisotopic (exact) mass is 547 g/mol. The number of methoxy groups -OCH3 is 1. The second-order valence-electron chi connectivity index (χ2n) is 8.13. The molecule has 4 aromatic rings. The van der Waals surface area contributed by atoms with Gasteiger partial charge in [0.2, 0.25) is 16.0 Å². The fourth-order valence-corrected chi connectivity index (χ4v) is 5.27. The lowest BCUT2D eigenvalue weighted by Crippen LogP contribution is -2.33. The number of anilines is 1. The van der Waals surface area contributed by atoms with Crippen molar-refractivity contribution < 1.29 is 13.2 Å². The Hall–Kier alpha value is -3.12. The van der Waals surface area contributed by atoms with Crippen LogP contribution in [0, 0.1) is 13.8 Å². The molecule has 2 atom stereocenters. The van der Waals surface area contributed by atoms with E-state index in [0.29, 0.717) is 17.1 Å². The maximum Gasteiger partial charge on any atom is 0.243 e. The Labute approximate surface area is 218 Å². The van der Waals surface area contributed by atoms with E-state index in [9.17, 15) is 8.42 Å². The third-order valence-electron chi connectivity index (χ3n) is 5.42. The summed E-state index contributed by atoms with van der Waals surface area (Å²) < 4.78 is 36.4. The Morgan fingerprint density at radius 3 is 2.28 bits per heavy atom. The number of hydrogen-bond acceptors (Lipinski definition) is 8. The van der Waals surface area contributed by atoms with Crippen LogP contribution >= 0.6 is 23.2 Å². The van der Waals surface area contributed by atoms with Crippen LogP contribution in [0.25, 0.3) is 17.1 Å². The van der Waals surface area contributed by atoms with E-state index in [0.717, 1.165) is 11.1 Å². The molecule has 36 heavy (non-hydrogen) atoms. The normalized spacial score (nSPS) is 13.4. The molecule has 13 heteroatoms. The van der Waals surface area contributed by atoms with Crippen LogP contribution in [0.3, 0.4) is 0 Å². The molecule has 0 aliphatic heterocycles. The molecule has 0 amide bonds. The second-order valence-corrected chi connectivity index (χ2v) is 11.0. The second kappa shape index (κ2) is 10.5. The summed E-state index contributed by atoms with van der Waals surface area (Å²) >= 11 is 13.0. The van der Waals surface area contributed by atoms with Gasteiger partial charge in [0, 0.05) is 37.5 Å². The van der Waals surface area contributed by atoms with Crippen molar-refractivity contribution in [2.45, 2.75) is 32.1 Å². The fraction of sp³-hybridized carbons (Fsp3) is 0.261. The molecule has 3 heterocycles. The largest absolute Gasteiger partial charge is 0.372 e. The fourth-order valence-electron chi connectivity index (χ4n) is 3.57. The molecule has 1 aromatic carbocycles. The van der Waals surface area contributed by atoms with Crippen molar-refractivity contribution in [3.63, 3.8) is 0 Å². The van der Waals surface area contributed by atoms with Crippen LogP contribution in [0.2, 0.25) is 10.0 Å². The van der Waals surface area contributed by atoms with Gasteiger partial charge in [-0.3, -0.25) is 14.3 Å². The lowest BCUT2D eigenvalue weighted by Gasteiger charge is -2.22. The minimum Gasteiger partial charge on any atom is -0.372 e. The molecule has 0 unspecified atom stereocenters. The number of sulfonamides is 1. The molecule has 0 saturated carbocycles. The summed E-state index contributed by atoms with van der Waals surface area (Å²) in [5.41, 5.74) is 2.63. The van der Waals surface area contributed by atoms with Gasteiger partial charge in [-0.1, -0.05) is 29.3 Å². The van der Waals surface area contributed by atoms with Crippen LogP contribution in [-0.4, -0.2) is 50.5 Å². The number of halogens is 2. The minimum absolute atomic E-state index is 0.104. The number of ether oxygens (including phenoxy) is 1. The quantitative estimate of drug-likeness (QED) is 0.340. The first-order chi connectivity index (χ1) is 17.1. The number of nitrogens with one attached hydrogen (secondary N) is 1. The number of aryl methyl sites for hydroxylation is 2. The zero-order valence-corrected chi connectivity index (χ0v) is 22.2. The molecule has 0 saturated heterocycles. The van der Waals surface area contributed by atoms with Gasteiger partial charge in [-0.05, 0) is 50.1 Å². The van der Waals surface area contributed by atoms with E-state index >= 15 is 0 Å². The Morgan fingerprint density at radius 1 is 1.00 bits per heavy atom. The lowest BCUT2D eigenvalue weighted by atomic mass is 10.2. The molecule has 3 aromatic heterocycles. The van der Waals surface area contributed by atoms with Gasteiger partial charge < -0.3 is 4.74 Å². The summed E-state index contributed by atoms with van der Waals surface area (Å²) in [5, 5.41) is 7.82. The minimum atomic E-state index is -4.10. The Kier molecular flexibility index (Phi) is 7.55. The molecule has 188 valence electrons. The van der Waals surface area contributed by atoms with Crippen molar-refractivity contribution in [3.8, 4) is 17.1 Å². The number of hydrogen-bond donors (Lipinski definition) is 1. The third kappa shape index (κ3) is 5.19. The summed E-state index contributed by atoms with van der Waals surface area (Å²) in [6.07, 6.45) is 5.53. The summed E-state index contributed by atoms with van der Waals surface area (Å²) in [6.45, 7) is 5.21. The molecular weight excluding hydrogens is 525 g/mol. The third-order valence-corrected chi connectivity index (χ3v) is 7.72. The molecule has 0 bridgehead atoms. The van der Waals surface area contributed by atoms with Crippen molar-refractivity contribution in [2.75, 3.05) is 11.8 Å². The van der Waals surface area contributed by atoms with Gasteiger partial charge in [0.1, 0.15) is 11.4 Å². The first-order valence-electron chi connectivity index (χ1n) is 10.8. The van der Waals surface area contributed by atoms with Gasteiger partial charge in [0.05, 0.1) is 15.7 Å². The number of aromatic nitrogens is 6. The lowest BCUT2D eigenvalue weighted by molar-refractivity contribution is 0.0949. The number of pyridine rings is 1. The smallest absolute Gasteiger partial charge is 0.243 e. The zero-order chi connectivity index (χ0) is 26.0. The summed E-state index contributed by atoms with van der Waals surface area (Å²) in [4.78, 5) is 12.7. The molecule has 0 spiro atoms. The van der Waals surface area contributed by atoms with Gasteiger partial charge >= 0.3 is 0 Å². The van der Waals surface area contributed by atoms with Crippen molar-refractivity contribution in [1.82, 2.24) is 29.7 Å². The van der Waals surface area contributed by atoms with E-state index in [1.807, 2.05) is 19.9 Å². The van der Waals surface area contributed by atoms with Crippen LogP contribution in [0.15, 0.2) is 49.1 Å². The van der Waals surface area contributed by atoms with Crippen molar-refractivity contribution in [2.24, 2.45) is 0 Å². The first kappa shape index (κ1) is 26.0. The predicted molar refractivity (Wildman–Crippen MR) is 138 cm³/mol. The SMILES string of the molecule is CO[C@H](c1ncc(C)cn1)[C@H](C)S(=O)(=O)Nc1nnc(-c2cncc(C)c2)n1-c1c(Cl)cccc1Cl. The van der Waals surface area contributed by atoms with E-state index in [2.05, 4.69) is 29.9 Å². The van der Waals surface area contributed by atoms with Gasteiger partial charge in [-0.15, -0.1) is 10.2 Å². The van der Waals surface area contributed by atoms with E-state index < -0.39 is 21.4 Å². The molecule has 0 fully saturated rings. The molecule has 4 rings (SSSR count). The first-order valence-corrected chi connectivity index (χ1v) is 13.1. The highest BCUT2D eigenvalue weighted by Crippen LogP contribution is 2.35. The Morgan fingerprint density at radius 2 is 1.67 bits per heavy atom. The van der Waals surface area contributed by atoms with Crippen LogP contribution < -0.4 is 4.72 Å². The van der Waals surface area contributed by atoms with Gasteiger partial charge in [0.25, 0.3) is 0 Å². The molecule has 10 nitrogen and oxygen atoms in total. The Bertz CT molecular complexity index is 1470. The molecular formula is C23H23Cl2N7O3S. The van der Waals surface area contributed by atoms with Crippen LogP contribution in [0.1, 0.15) is 30.0 Å². The number of benzene rings is 1. The molecule has 0 aliphatic carbocycles. The average Bonchev–Trinajstić information content (AvgIpc) is 3.23. The Balaban J connectivity index is 1.80. The van der Waals surface area contributed by atoms with Gasteiger partial charge in [-0.2, -0.15) is 0 Å². The maximum absolute atomic E-state index is 13.5. The summed E-state index contributed by atoms with van der Waals surface area (Å²) in [5.74, 6) is 0.438. The van der Waals surface area contributed by atoms with E-state index in [1.165, 1.54) is 18.6 Å². The highest BCUT2D eigenvalue weighted by molar-refractivity contribution is 7.93. The summed E-state index contributed by atoms with van der Waals surface area (Å²) in [6, 6.07) is 6.80. The highest BCUT2D eigenvalue weighted by Gasteiger charge is 2.34.